The maximum Gasteiger partial charge on any atom is 0.0692 e. The van der Waals surface area contributed by atoms with Gasteiger partial charge in [-0.3, -0.25) is 0 Å². The fourth-order valence-electron chi connectivity index (χ4n) is 1.90. The van der Waals surface area contributed by atoms with Crippen LogP contribution in [0.5, 0.6) is 0 Å². The van der Waals surface area contributed by atoms with Crippen LogP contribution in [0.1, 0.15) is 16.7 Å². The molecule has 0 radical (unpaired) electrons. The minimum Gasteiger partial charge on any atom is -0.392 e. The molecule has 19 heavy (non-hydrogen) atoms. The molecule has 0 aliphatic heterocycles. The summed E-state index contributed by atoms with van der Waals surface area (Å²) in [7, 11) is 0. The van der Waals surface area contributed by atoms with Gasteiger partial charge in [-0.15, -0.1) is 0 Å². The first-order valence-electron chi connectivity index (χ1n) is 6.08. The second-order valence-electron chi connectivity index (χ2n) is 4.14. The number of benzene rings is 2. The molecule has 0 unspecified atom stereocenters. The lowest BCUT2D eigenvalue weighted by atomic mass is 10.1. The number of nitrogens with two attached hydrogens (primary N) is 1. The molecule has 2 aromatic carbocycles. The minimum atomic E-state index is -0.0164. The predicted octanol–water partition coefficient (Wildman–Crippen LogP) is 2.28. The normalized spacial score (nSPS) is 10.7. The molecule has 0 fully saturated rings. The van der Waals surface area contributed by atoms with Crippen LogP contribution in [0.3, 0.4) is 0 Å². The Morgan fingerprint density at radius 2 is 1.47 bits per heavy atom. The molecule has 0 aromatic heterocycles. The maximum atomic E-state index is 9.44. The zero-order chi connectivity index (χ0) is 13.7. The Balaban J connectivity index is 2.42. The average Bonchev–Trinajstić information content (AvgIpc) is 2.48. The van der Waals surface area contributed by atoms with E-state index in [0.717, 1.165) is 26.5 Å². The van der Waals surface area contributed by atoms with Gasteiger partial charge < -0.3 is 15.9 Å². The second-order valence-corrected chi connectivity index (χ2v) is 5.19. The molecule has 3 nitrogen and oxygen atoms in total. The van der Waals surface area contributed by atoms with Crippen LogP contribution in [-0.2, 0) is 19.8 Å². The van der Waals surface area contributed by atoms with Crippen LogP contribution in [-0.4, -0.2) is 10.2 Å². The highest BCUT2D eigenvalue weighted by molar-refractivity contribution is 7.99. The van der Waals surface area contributed by atoms with Gasteiger partial charge in [0.15, 0.2) is 0 Å². The summed E-state index contributed by atoms with van der Waals surface area (Å²) >= 11 is 1.54. The highest BCUT2D eigenvalue weighted by atomic mass is 32.2. The Morgan fingerprint density at radius 1 is 0.842 bits per heavy atom. The molecule has 2 aromatic rings. The van der Waals surface area contributed by atoms with Crippen molar-refractivity contribution in [3.63, 3.8) is 0 Å². The van der Waals surface area contributed by atoms with E-state index in [9.17, 15) is 10.2 Å². The fourth-order valence-corrected chi connectivity index (χ4v) is 3.07. The van der Waals surface area contributed by atoms with Crippen LogP contribution in [0, 0.1) is 0 Å². The molecule has 0 heterocycles. The van der Waals surface area contributed by atoms with E-state index in [1.165, 1.54) is 0 Å². The summed E-state index contributed by atoms with van der Waals surface area (Å²) in [6.45, 7) is 0.414. The predicted molar refractivity (Wildman–Crippen MR) is 76.7 cm³/mol. The summed E-state index contributed by atoms with van der Waals surface area (Å²) in [6, 6.07) is 13.4. The molecule has 4 heteroatoms. The molecular weight excluding hydrogens is 258 g/mol. The largest absolute Gasteiger partial charge is 0.392 e. The van der Waals surface area contributed by atoms with Crippen molar-refractivity contribution in [2.24, 2.45) is 5.73 Å². The summed E-state index contributed by atoms with van der Waals surface area (Å²) in [6.07, 6.45) is 0. The van der Waals surface area contributed by atoms with Gasteiger partial charge in [0.05, 0.1) is 13.2 Å². The first-order valence-corrected chi connectivity index (χ1v) is 6.90. The van der Waals surface area contributed by atoms with Crippen molar-refractivity contribution in [2.75, 3.05) is 0 Å². The van der Waals surface area contributed by atoms with Crippen LogP contribution in [0.15, 0.2) is 52.3 Å². The first-order chi connectivity index (χ1) is 9.30. The minimum absolute atomic E-state index is 0.00240. The topological polar surface area (TPSA) is 66.5 Å². The molecular formula is C15H17NO2S. The van der Waals surface area contributed by atoms with Gasteiger partial charge in [-0.1, -0.05) is 48.2 Å². The summed E-state index contributed by atoms with van der Waals surface area (Å²) < 4.78 is 0. The number of aliphatic hydroxyl groups excluding tert-OH is 2. The second kappa shape index (κ2) is 6.73. The van der Waals surface area contributed by atoms with E-state index in [0.29, 0.717) is 6.54 Å². The summed E-state index contributed by atoms with van der Waals surface area (Å²) in [5.41, 5.74) is 8.50. The monoisotopic (exact) mass is 275 g/mol. The molecule has 2 rings (SSSR count). The quantitative estimate of drug-likeness (QED) is 0.783. The van der Waals surface area contributed by atoms with E-state index in [4.69, 9.17) is 5.73 Å². The Kier molecular flexibility index (Phi) is 4.99. The van der Waals surface area contributed by atoms with Crippen LogP contribution in [0.2, 0.25) is 0 Å². The summed E-state index contributed by atoms with van der Waals surface area (Å²) in [5.74, 6) is 0. The fraction of sp³-hybridized carbons (Fsp3) is 0.200. The van der Waals surface area contributed by atoms with Crippen molar-refractivity contribution >= 4 is 11.8 Å². The molecule has 0 aliphatic rings. The molecule has 0 amide bonds. The van der Waals surface area contributed by atoms with E-state index in [-0.39, 0.29) is 13.2 Å². The van der Waals surface area contributed by atoms with E-state index in [2.05, 4.69) is 0 Å². The lowest BCUT2D eigenvalue weighted by molar-refractivity contribution is 0.278. The Labute approximate surface area is 117 Å². The van der Waals surface area contributed by atoms with Crippen molar-refractivity contribution in [2.45, 2.75) is 29.5 Å². The molecule has 4 N–H and O–H groups in total. The SMILES string of the molecule is NCc1cccc(CO)c1Sc1ccccc1CO. The maximum absolute atomic E-state index is 9.44. The standard InChI is InChI=1S/C15H17NO2S/c16-8-11-5-3-6-13(10-18)15(11)19-14-7-2-1-4-12(14)9-17/h1-7,17-18H,8-10,16H2. The first kappa shape index (κ1) is 14.1. The molecule has 0 saturated heterocycles. The van der Waals surface area contributed by atoms with Gasteiger partial charge in [0.25, 0.3) is 0 Å². The Bertz CT molecular complexity index is 535. The van der Waals surface area contributed by atoms with E-state index in [1.807, 2.05) is 42.5 Å². The van der Waals surface area contributed by atoms with E-state index < -0.39 is 0 Å². The Morgan fingerprint density at radius 3 is 2.16 bits per heavy atom. The number of rotatable bonds is 5. The number of hydrogen-bond donors (Lipinski definition) is 3. The van der Waals surface area contributed by atoms with E-state index in [1.54, 1.807) is 11.8 Å². The van der Waals surface area contributed by atoms with Gasteiger partial charge >= 0.3 is 0 Å². The third-order valence-corrected chi connectivity index (χ3v) is 4.27. The van der Waals surface area contributed by atoms with Crippen LogP contribution < -0.4 is 5.73 Å². The van der Waals surface area contributed by atoms with Gasteiger partial charge in [0.2, 0.25) is 0 Å². The smallest absolute Gasteiger partial charge is 0.0692 e. The highest BCUT2D eigenvalue weighted by Crippen LogP contribution is 2.35. The van der Waals surface area contributed by atoms with Gasteiger partial charge in [-0.2, -0.15) is 0 Å². The van der Waals surface area contributed by atoms with Crippen LogP contribution >= 0.6 is 11.8 Å². The average molecular weight is 275 g/mol. The van der Waals surface area contributed by atoms with Gasteiger partial charge in [0.1, 0.15) is 0 Å². The third kappa shape index (κ3) is 3.16. The van der Waals surface area contributed by atoms with Gasteiger partial charge in [-0.05, 0) is 22.8 Å². The summed E-state index contributed by atoms with van der Waals surface area (Å²) in [4.78, 5) is 1.97. The van der Waals surface area contributed by atoms with Crippen molar-refractivity contribution in [1.82, 2.24) is 0 Å². The molecule has 0 atom stereocenters. The lowest BCUT2D eigenvalue weighted by Crippen LogP contribution is -2.01. The van der Waals surface area contributed by atoms with Crippen molar-refractivity contribution < 1.29 is 10.2 Å². The lowest BCUT2D eigenvalue weighted by Gasteiger charge is -2.13. The molecule has 0 bridgehead atoms. The van der Waals surface area contributed by atoms with Crippen molar-refractivity contribution in [1.29, 1.82) is 0 Å². The van der Waals surface area contributed by atoms with Gasteiger partial charge in [0, 0.05) is 16.3 Å². The molecule has 0 saturated carbocycles. The van der Waals surface area contributed by atoms with Crippen molar-refractivity contribution in [3.05, 3.63) is 59.2 Å². The highest BCUT2D eigenvalue weighted by Gasteiger charge is 2.10. The number of hydrogen-bond acceptors (Lipinski definition) is 4. The molecule has 0 aliphatic carbocycles. The third-order valence-electron chi connectivity index (χ3n) is 2.92. The van der Waals surface area contributed by atoms with E-state index >= 15 is 0 Å². The molecule has 100 valence electrons. The van der Waals surface area contributed by atoms with Gasteiger partial charge in [-0.25, -0.2) is 0 Å². The zero-order valence-corrected chi connectivity index (χ0v) is 11.4. The number of aliphatic hydroxyl groups is 2. The van der Waals surface area contributed by atoms with Crippen LogP contribution in [0.4, 0.5) is 0 Å². The summed E-state index contributed by atoms with van der Waals surface area (Å²) in [5, 5.41) is 18.8. The molecule has 0 spiro atoms. The van der Waals surface area contributed by atoms with Crippen LogP contribution in [0.25, 0.3) is 0 Å². The van der Waals surface area contributed by atoms with Crippen molar-refractivity contribution in [3.8, 4) is 0 Å². The zero-order valence-electron chi connectivity index (χ0n) is 10.5. The Hall–Kier alpha value is -1.33.